The monoisotopic (exact) mass is 262 g/mol. The highest BCUT2D eigenvalue weighted by molar-refractivity contribution is 7.10. The summed E-state index contributed by atoms with van der Waals surface area (Å²) in [7, 11) is 0. The molecule has 0 aliphatic carbocycles. The molecule has 0 N–H and O–H groups in total. The number of unbranched alkanes of at least 4 members (excludes halogenated alkanes) is 5. The van der Waals surface area contributed by atoms with E-state index in [0.29, 0.717) is 10.9 Å². The first-order valence-electron chi connectivity index (χ1n) is 5.89. The summed E-state index contributed by atoms with van der Waals surface area (Å²) in [6, 6.07) is 0. The van der Waals surface area contributed by atoms with E-state index in [1.165, 1.54) is 43.6 Å². The Hall–Kier alpha value is -0.190. The van der Waals surface area contributed by atoms with Crippen molar-refractivity contribution < 1.29 is 4.74 Å². The van der Waals surface area contributed by atoms with Gasteiger partial charge in [-0.25, -0.2) is 0 Å². The summed E-state index contributed by atoms with van der Waals surface area (Å²) in [5.74, 6) is 0. The summed E-state index contributed by atoms with van der Waals surface area (Å²) >= 11 is 7.06. The van der Waals surface area contributed by atoms with Gasteiger partial charge in [0.25, 0.3) is 0 Å². The number of ether oxygens (including phenoxy) is 1. The summed E-state index contributed by atoms with van der Waals surface area (Å²) < 4.78 is 9.88. The van der Waals surface area contributed by atoms with Crippen molar-refractivity contribution >= 4 is 23.1 Å². The van der Waals surface area contributed by atoms with Crippen LogP contribution in [0.2, 0.25) is 4.34 Å². The lowest BCUT2D eigenvalue weighted by Crippen LogP contribution is -1.96. The van der Waals surface area contributed by atoms with E-state index in [2.05, 4.69) is 16.5 Å². The Morgan fingerprint density at radius 2 is 1.94 bits per heavy atom. The Labute approximate surface area is 106 Å². The van der Waals surface area contributed by atoms with Gasteiger partial charge in [0.2, 0.25) is 0 Å². The second-order valence-corrected chi connectivity index (χ2v) is 5.17. The van der Waals surface area contributed by atoms with E-state index >= 15 is 0 Å². The zero-order valence-corrected chi connectivity index (χ0v) is 11.3. The lowest BCUT2D eigenvalue weighted by molar-refractivity contribution is 0.114. The lowest BCUT2D eigenvalue weighted by Gasteiger charge is -2.02. The van der Waals surface area contributed by atoms with Gasteiger partial charge >= 0.3 is 0 Å². The topological polar surface area (TPSA) is 35.0 Å². The third-order valence-electron chi connectivity index (χ3n) is 2.39. The molecule has 0 unspecified atom stereocenters. The number of nitrogens with zero attached hydrogens (tertiary/aromatic N) is 2. The van der Waals surface area contributed by atoms with E-state index in [4.69, 9.17) is 16.3 Å². The summed E-state index contributed by atoms with van der Waals surface area (Å²) in [6.45, 7) is 3.51. The van der Waals surface area contributed by atoms with E-state index in [-0.39, 0.29) is 0 Å². The number of rotatable bonds is 9. The van der Waals surface area contributed by atoms with Gasteiger partial charge in [0.05, 0.1) is 6.61 Å². The predicted octanol–water partition coefficient (Wildman–Crippen LogP) is 4.07. The molecule has 0 aliphatic rings. The molecule has 0 radical (unpaired) electrons. The second kappa shape index (κ2) is 8.90. The SMILES string of the molecule is CCCCCCCCOCc1nnsc1Cl. The third kappa shape index (κ3) is 5.77. The molecule has 0 amide bonds. The van der Waals surface area contributed by atoms with Gasteiger partial charge in [-0.1, -0.05) is 55.1 Å². The van der Waals surface area contributed by atoms with Gasteiger partial charge in [-0.15, -0.1) is 5.10 Å². The van der Waals surface area contributed by atoms with Crippen LogP contribution in [-0.4, -0.2) is 16.2 Å². The van der Waals surface area contributed by atoms with Crippen LogP contribution in [0.5, 0.6) is 0 Å². The predicted molar refractivity (Wildman–Crippen MR) is 68.0 cm³/mol. The van der Waals surface area contributed by atoms with Crippen molar-refractivity contribution in [3.63, 3.8) is 0 Å². The van der Waals surface area contributed by atoms with Crippen molar-refractivity contribution in [3.05, 3.63) is 10.0 Å². The van der Waals surface area contributed by atoms with Crippen molar-refractivity contribution in [1.82, 2.24) is 9.59 Å². The minimum absolute atomic E-state index is 0.490. The first kappa shape index (κ1) is 13.9. The molecule has 0 bridgehead atoms. The molecular weight excluding hydrogens is 244 g/mol. The van der Waals surface area contributed by atoms with Gasteiger partial charge in [-0.05, 0) is 6.42 Å². The van der Waals surface area contributed by atoms with E-state index < -0.39 is 0 Å². The Balaban J connectivity index is 1.91. The van der Waals surface area contributed by atoms with Crippen molar-refractivity contribution in [2.75, 3.05) is 6.61 Å². The molecule has 1 aromatic heterocycles. The maximum atomic E-state index is 5.85. The van der Waals surface area contributed by atoms with Gasteiger partial charge in [0.15, 0.2) is 0 Å². The Kier molecular flexibility index (Phi) is 7.72. The van der Waals surface area contributed by atoms with E-state index in [1.807, 2.05) is 0 Å². The molecule has 0 saturated carbocycles. The highest BCUT2D eigenvalue weighted by atomic mass is 35.5. The molecule has 1 heterocycles. The molecule has 5 heteroatoms. The molecule has 1 aromatic rings. The number of hydrogen-bond acceptors (Lipinski definition) is 4. The summed E-state index contributed by atoms with van der Waals surface area (Å²) in [6.07, 6.45) is 7.68. The second-order valence-electron chi connectivity index (χ2n) is 3.81. The molecule has 16 heavy (non-hydrogen) atoms. The molecule has 3 nitrogen and oxygen atoms in total. The van der Waals surface area contributed by atoms with Gasteiger partial charge in [-0.3, -0.25) is 0 Å². The van der Waals surface area contributed by atoms with E-state index in [0.717, 1.165) is 18.7 Å². The Morgan fingerprint density at radius 3 is 2.62 bits per heavy atom. The highest BCUT2D eigenvalue weighted by Gasteiger charge is 2.04. The molecular formula is C11H19ClN2OS. The van der Waals surface area contributed by atoms with E-state index in [1.54, 1.807) is 0 Å². The zero-order chi connectivity index (χ0) is 11.6. The zero-order valence-electron chi connectivity index (χ0n) is 9.75. The third-order valence-corrected chi connectivity index (χ3v) is 3.37. The normalized spacial score (nSPS) is 10.9. The maximum Gasteiger partial charge on any atom is 0.139 e. The average Bonchev–Trinajstić information content (AvgIpc) is 2.68. The summed E-state index contributed by atoms with van der Waals surface area (Å²) in [5, 5.41) is 3.89. The molecule has 0 spiro atoms. The molecule has 92 valence electrons. The largest absolute Gasteiger partial charge is 0.375 e. The minimum atomic E-state index is 0.490. The molecule has 0 aliphatic heterocycles. The van der Waals surface area contributed by atoms with Crippen LogP contribution < -0.4 is 0 Å². The molecule has 1 rings (SSSR count). The average molecular weight is 263 g/mol. The van der Waals surface area contributed by atoms with Crippen LogP contribution in [0, 0.1) is 0 Å². The van der Waals surface area contributed by atoms with Crippen molar-refractivity contribution in [3.8, 4) is 0 Å². The van der Waals surface area contributed by atoms with Gasteiger partial charge < -0.3 is 4.74 Å². The van der Waals surface area contributed by atoms with Crippen LogP contribution >= 0.6 is 23.1 Å². The standard InChI is InChI=1S/C11H19ClN2OS/c1-2-3-4-5-6-7-8-15-9-10-11(12)16-14-13-10/h2-9H2,1H3. The molecule has 0 aromatic carbocycles. The minimum Gasteiger partial charge on any atom is -0.375 e. The quantitative estimate of drug-likeness (QED) is 0.630. The van der Waals surface area contributed by atoms with Crippen LogP contribution in [-0.2, 0) is 11.3 Å². The van der Waals surface area contributed by atoms with Crippen LogP contribution in [0.15, 0.2) is 0 Å². The first-order valence-corrected chi connectivity index (χ1v) is 7.04. The Bertz CT molecular complexity index is 281. The molecule has 0 atom stereocenters. The summed E-state index contributed by atoms with van der Waals surface area (Å²) in [4.78, 5) is 0. The summed E-state index contributed by atoms with van der Waals surface area (Å²) in [5.41, 5.74) is 0.762. The first-order chi connectivity index (χ1) is 7.84. The number of hydrogen-bond donors (Lipinski definition) is 0. The molecule has 0 saturated heterocycles. The number of aromatic nitrogens is 2. The fourth-order valence-electron chi connectivity index (χ4n) is 1.44. The van der Waals surface area contributed by atoms with E-state index in [9.17, 15) is 0 Å². The van der Waals surface area contributed by atoms with Crippen molar-refractivity contribution in [2.45, 2.75) is 52.1 Å². The van der Waals surface area contributed by atoms with Gasteiger partial charge in [0, 0.05) is 18.1 Å². The molecule has 0 fully saturated rings. The van der Waals surface area contributed by atoms with Crippen LogP contribution in [0.25, 0.3) is 0 Å². The van der Waals surface area contributed by atoms with Crippen LogP contribution in [0.4, 0.5) is 0 Å². The Morgan fingerprint density at radius 1 is 1.19 bits per heavy atom. The van der Waals surface area contributed by atoms with Gasteiger partial charge in [0.1, 0.15) is 10.0 Å². The van der Waals surface area contributed by atoms with Crippen LogP contribution in [0.1, 0.15) is 51.1 Å². The van der Waals surface area contributed by atoms with Gasteiger partial charge in [-0.2, -0.15) is 0 Å². The fourth-order valence-corrected chi connectivity index (χ4v) is 2.04. The highest BCUT2D eigenvalue weighted by Crippen LogP contribution is 2.17. The lowest BCUT2D eigenvalue weighted by atomic mass is 10.1. The van der Waals surface area contributed by atoms with Crippen LogP contribution in [0.3, 0.4) is 0 Å². The fraction of sp³-hybridized carbons (Fsp3) is 0.818. The smallest absolute Gasteiger partial charge is 0.139 e. The van der Waals surface area contributed by atoms with Crippen molar-refractivity contribution in [1.29, 1.82) is 0 Å². The maximum absolute atomic E-state index is 5.85. The van der Waals surface area contributed by atoms with Crippen molar-refractivity contribution in [2.24, 2.45) is 0 Å². The number of halogens is 1.